The first kappa shape index (κ1) is 21.6. The number of anilines is 1. The first-order valence-electron chi connectivity index (χ1n) is 9.21. The number of nitrogens with one attached hydrogen (secondary N) is 1. The van der Waals surface area contributed by atoms with Gasteiger partial charge in [0.15, 0.2) is 0 Å². The molecule has 0 radical (unpaired) electrons. The molecule has 0 aliphatic rings. The van der Waals surface area contributed by atoms with Gasteiger partial charge in [-0.15, -0.1) is 11.3 Å². The number of ether oxygens (including phenoxy) is 1. The number of aromatic nitrogens is 2. The summed E-state index contributed by atoms with van der Waals surface area (Å²) in [6, 6.07) is 6.32. The lowest BCUT2D eigenvalue weighted by Gasteiger charge is -2.19. The number of thiophene rings is 1. The standard InChI is InChI=1S/C20H23N5O4S/c1-20(2,3)29-19(26)23-17-16-15(12-6-8-13(9-7-12)25(27)28)14(10-24(4)5)30-18(16)22-11-21-17/h6-9,11H,10H2,1-5H3,(H,21,22,23,26). The number of carbonyl (C=O) groups is 1. The van der Waals surface area contributed by atoms with Crippen LogP contribution >= 0.6 is 11.3 Å². The Morgan fingerprint density at radius 2 is 1.90 bits per heavy atom. The highest BCUT2D eigenvalue weighted by atomic mass is 32.1. The van der Waals surface area contributed by atoms with Gasteiger partial charge in [-0.3, -0.25) is 15.4 Å². The van der Waals surface area contributed by atoms with E-state index >= 15 is 0 Å². The normalized spacial score (nSPS) is 11.7. The molecule has 3 rings (SSSR count). The van der Waals surface area contributed by atoms with Crippen molar-refractivity contribution in [3.8, 4) is 11.1 Å². The van der Waals surface area contributed by atoms with Crippen LogP contribution in [0.2, 0.25) is 0 Å². The van der Waals surface area contributed by atoms with Gasteiger partial charge in [-0.25, -0.2) is 14.8 Å². The van der Waals surface area contributed by atoms with Gasteiger partial charge in [0.2, 0.25) is 0 Å². The van der Waals surface area contributed by atoms with E-state index in [1.54, 1.807) is 32.9 Å². The van der Waals surface area contributed by atoms with Gasteiger partial charge in [-0.05, 0) is 52.6 Å². The second-order valence-corrected chi connectivity index (χ2v) is 9.05. The SMILES string of the molecule is CN(C)Cc1sc2ncnc(NC(=O)OC(C)(C)C)c2c1-c1ccc([N+](=O)[O-])cc1. The summed E-state index contributed by atoms with van der Waals surface area (Å²) in [6.07, 6.45) is 0.780. The van der Waals surface area contributed by atoms with Crippen LogP contribution in [0.25, 0.3) is 21.3 Å². The van der Waals surface area contributed by atoms with Crippen LogP contribution in [-0.2, 0) is 11.3 Å². The van der Waals surface area contributed by atoms with Crippen molar-refractivity contribution in [3.63, 3.8) is 0 Å². The van der Waals surface area contributed by atoms with Crippen molar-refractivity contribution in [3.05, 3.63) is 45.6 Å². The molecule has 1 aromatic carbocycles. The summed E-state index contributed by atoms with van der Waals surface area (Å²) in [6.45, 7) is 5.98. The number of nitro benzene ring substituents is 1. The van der Waals surface area contributed by atoms with Gasteiger partial charge in [-0.1, -0.05) is 0 Å². The molecule has 10 heteroatoms. The summed E-state index contributed by atoms with van der Waals surface area (Å²) in [4.78, 5) is 35.3. The molecule has 1 amide bonds. The lowest BCUT2D eigenvalue weighted by molar-refractivity contribution is -0.384. The fourth-order valence-electron chi connectivity index (χ4n) is 2.93. The zero-order chi connectivity index (χ0) is 22.1. The van der Waals surface area contributed by atoms with Crippen molar-refractivity contribution in [2.75, 3.05) is 19.4 Å². The fraction of sp³-hybridized carbons (Fsp3) is 0.350. The van der Waals surface area contributed by atoms with Crippen LogP contribution < -0.4 is 5.32 Å². The lowest BCUT2D eigenvalue weighted by Crippen LogP contribution is -2.27. The first-order valence-corrected chi connectivity index (χ1v) is 10.0. The number of benzene rings is 1. The molecule has 0 saturated carbocycles. The number of hydrogen-bond donors (Lipinski definition) is 1. The summed E-state index contributed by atoms with van der Waals surface area (Å²) in [5.41, 5.74) is 0.981. The number of hydrogen-bond acceptors (Lipinski definition) is 8. The summed E-state index contributed by atoms with van der Waals surface area (Å²) < 4.78 is 5.36. The van der Waals surface area contributed by atoms with E-state index in [1.165, 1.54) is 29.8 Å². The monoisotopic (exact) mass is 429 g/mol. The van der Waals surface area contributed by atoms with Crippen molar-refractivity contribution in [1.82, 2.24) is 14.9 Å². The fourth-order valence-corrected chi connectivity index (χ4v) is 4.21. The number of carbonyl (C=O) groups excluding carboxylic acids is 1. The molecule has 0 spiro atoms. The minimum Gasteiger partial charge on any atom is -0.444 e. The zero-order valence-corrected chi connectivity index (χ0v) is 18.2. The van der Waals surface area contributed by atoms with Crippen molar-refractivity contribution in [2.45, 2.75) is 32.9 Å². The molecule has 0 saturated heterocycles. The van der Waals surface area contributed by atoms with Crippen LogP contribution in [0.1, 0.15) is 25.6 Å². The molecule has 1 N–H and O–H groups in total. The molecule has 3 aromatic rings. The van der Waals surface area contributed by atoms with Crippen molar-refractivity contribution in [2.24, 2.45) is 0 Å². The Bertz CT molecular complexity index is 1090. The number of nitro groups is 1. The lowest BCUT2D eigenvalue weighted by atomic mass is 10.0. The Morgan fingerprint density at radius 3 is 2.47 bits per heavy atom. The van der Waals surface area contributed by atoms with Crippen molar-refractivity contribution >= 4 is 39.2 Å². The van der Waals surface area contributed by atoms with Gasteiger partial charge >= 0.3 is 6.09 Å². The van der Waals surface area contributed by atoms with E-state index in [9.17, 15) is 14.9 Å². The van der Waals surface area contributed by atoms with Gasteiger partial charge in [0, 0.05) is 29.1 Å². The van der Waals surface area contributed by atoms with Gasteiger partial charge < -0.3 is 9.64 Å². The molecule has 2 aromatic heterocycles. The Kier molecular flexibility index (Phi) is 5.99. The Balaban J connectivity index is 2.14. The minimum atomic E-state index is -0.651. The summed E-state index contributed by atoms with van der Waals surface area (Å²) >= 11 is 1.49. The van der Waals surface area contributed by atoms with Crippen molar-refractivity contribution in [1.29, 1.82) is 0 Å². The number of non-ortho nitro benzene ring substituents is 1. The van der Waals surface area contributed by atoms with Crippen molar-refractivity contribution < 1.29 is 14.5 Å². The average Bonchev–Trinajstić information content (AvgIpc) is 2.98. The predicted molar refractivity (Wildman–Crippen MR) is 117 cm³/mol. The highest BCUT2D eigenvalue weighted by molar-refractivity contribution is 7.19. The Morgan fingerprint density at radius 1 is 1.23 bits per heavy atom. The van der Waals surface area contributed by atoms with Crippen LogP contribution in [0.15, 0.2) is 30.6 Å². The van der Waals surface area contributed by atoms with Gasteiger partial charge in [-0.2, -0.15) is 0 Å². The van der Waals surface area contributed by atoms with E-state index in [0.717, 1.165) is 16.0 Å². The molecule has 0 bridgehead atoms. The van der Waals surface area contributed by atoms with E-state index in [-0.39, 0.29) is 5.69 Å². The van der Waals surface area contributed by atoms with Gasteiger partial charge in [0.05, 0.1) is 10.3 Å². The summed E-state index contributed by atoms with van der Waals surface area (Å²) in [5.74, 6) is 0.337. The molecule has 0 aliphatic heterocycles. The summed E-state index contributed by atoms with van der Waals surface area (Å²) in [5, 5.41) is 14.4. The smallest absolute Gasteiger partial charge is 0.413 e. The molecular weight excluding hydrogens is 406 g/mol. The number of amides is 1. The molecule has 2 heterocycles. The quantitative estimate of drug-likeness (QED) is 0.463. The minimum absolute atomic E-state index is 0.01000. The van der Waals surface area contributed by atoms with Crippen LogP contribution in [0.5, 0.6) is 0 Å². The van der Waals surface area contributed by atoms with Crippen LogP contribution in [0.3, 0.4) is 0 Å². The molecule has 9 nitrogen and oxygen atoms in total. The molecule has 0 atom stereocenters. The van der Waals surface area contributed by atoms with Gasteiger partial charge in [0.1, 0.15) is 22.6 Å². The van der Waals surface area contributed by atoms with Crippen LogP contribution in [-0.4, -0.2) is 45.6 Å². The molecule has 30 heavy (non-hydrogen) atoms. The van der Waals surface area contributed by atoms with Gasteiger partial charge in [0.25, 0.3) is 5.69 Å². The second kappa shape index (κ2) is 8.33. The largest absolute Gasteiger partial charge is 0.444 e. The zero-order valence-electron chi connectivity index (χ0n) is 17.4. The third kappa shape index (κ3) is 4.89. The Labute approximate surface area is 177 Å². The maximum atomic E-state index is 12.4. The number of nitrogens with zero attached hydrogens (tertiary/aromatic N) is 4. The van der Waals surface area contributed by atoms with E-state index in [2.05, 4.69) is 15.3 Å². The van der Waals surface area contributed by atoms with Crippen LogP contribution in [0, 0.1) is 10.1 Å². The second-order valence-electron chi connectivity index (χ2n) is 7.97. The number of fused-ring (bicyclic) bond motifs is 1. The molecule has 0 unspecified atom stereocenters. The highest BCUT2D eigenvalue weighted by Crippen LogP contribution is 2.41. The van der Waals surface area contributed by atoms with E-state index in [0.29, 0.717) is 22.6 Å². The first-order chi connectivity index (χ1) is 14.0. The van der Waals surface area contributed by atoms with E-state index < -0.39 is 16.6 Å². The average molecular weight is 430 g/mol. The molecule has 158 valence electrons. The number of rotatable bonds is 5. The van der Waals surface area contributed by atoms with E-state index in [4.69, 9.17) is 4.74 Å². The van der Waals surface area contributed by atoms with E-state index in [1.807, 2.05) is 19.0 Å². The third-order valence-corrected chi connectivity index (χ3v) is 5.09. The molecule has 0 fully saturated rings. The third-order valence-electron chi connectivity index (χ3n) is 4.01. The molecule has 0 aliphatic carbocycles. The topological polar surface area (TPSA) is 110 Å². The maximum absolute atomic E-state index is 12.4. The Hall–Kier alpha value is -3.11. The summed E-state index contributed by atoms with van der Waals surface area (Å²) in [7, 11) is 3.91. The predicted octanol–water partition coefficient (Wildman–Crippen LogP) is 4.68. The maximum Gasteiger partial charge on any atom is 0.413 e. The molecular formula is C20H23N5O4S. The highest BCUT2D eigenvalue weighted by Gasteiger charge is 2.23. The van der Waals surface area contributed by atoms with Crippen LogP contribution in [0.4, 0.5) is 16.3 Å².